The summed E-state index contributed by atoms with van der Waals surface area (Å²) in [5, 5.41) is 13.4. The van der Waals surface area contributed by atoms with Gasteiger partial charge in [0.25, 0.3) is 0 Å². The molecular weight excluding hydrogens is 344 g/mol. The highest BCUT2D eigenvalue weighted by Gasteiger charge is 2.20. The minimum Gasteiger partial charge on any atom is -0.461 e. The largest absolute Gasteiger partial charge is 0.461 e. The quantitative estimate of drug-likeness (QED) is 0.611. The van der Waals surface area contributed by atoms with E-state index in [4.69, 9.17) is 13.7 Å². The molecule has 132 valence electrons. The van der Waals surface area contributed by atoms with Gasteiger partial charge in [-0.1, -0.05) is 16.9 Å². The number of rotatable bonds is 6. The number of nitrogens with zero attached hydrogens (tertiary/aromatic N) is 6. The van der Waals surface area contributed by atoms with Crippen molar-refractivity contribution in [2.75, 3.05) is 31.2 Å². The first-order chi connectivity index (χ1) is 12.3. The number of aromatic nitrogens is 5. The molecule has 1 aliphatic heterocycles. The normalized spacial score (nSPS) is 15.0. The number of ether oxygens (including phenoxy) is 1. The van der Waals surface area contributed by atoms with Crippen LogP contribution in [0.25, 0.3) is 11.6 Å². The lowest BCUT2D eigenvalue weighted by atomic mass is 10.4. The third kappa shape index (κ3) is 3.40. The highest BCUT2D eigenvalue weighted by Crippen LogP contribution is 2.26. The lowest BCUT2D eigenvalue weighted by Gasteiger charge is -2.27. The number of hydrogen-bond acceptors (Lipinski definition) is 9. The van der Waals surface area contributed by atoms with Gasteiger partial charge in [0.05, 0.1) is 25.2 Å². The van der Waals surface area contributed by atoms with E-state index in [0.717, 1.165) is 44.0 Å². The molecule has 3 aromatic rings. The van der Waals surface area contributed by atoms with E-state index in [0.29, 0.717) is 23.2 Å². The maximum Gasteiger partial charge on any atom is 0.238 e. The van der Waals surface area contributed by atoms with Crippen LogP contribution in [-0.2, 0) is 17.0 Å². The Bertz CT molecular complexity index is 809. The van der Waals surface area contributed by atoms with Crippen LogP contribution < -0.4 is 4.90 Å². The Morgan fingerprint density at radius 1 is 1.24 bits per heavy atom. The van der Waals surface area contributed by atoms with Crippen LogP contribution in [0, 0.1) is 0 Å². The second-order valence-electron chi connectivity index (χ2n) is 5.40. The monoisotopic (exact) mass is 362 g/mol. The molecule has 25 heavy (non-hydrogen) atoms. The van der Waals surface area contributed by atoms with Gasteiger partial charge in [-0.3, -0.25) is 4.57 Å². The van der Waals surface area contributed by atoms with Crippen molar-refractivity contribution in [3.05, 3.63) is 24.3 Å². The van der Waals surface area contributed by atoms with Crippen LogP contribution >= 0.6 is 11.8 Å². The molecular formula is C15H18N6O3S. The van der Waals surface area contributed by atoms with Crippen molar-refractivity contribution >= 4 is 17.7 Å². The lowest BCUT2D eigenvalue weighted by molar-refractivity contribution is 0.121. The van der Waals surface area contributed by atoms with Gasteiger partial charge in [-0.25, -0.2) is 0 Å². The summed E-state index contributed by atoms with van der Waals surface area (Å²) in [5.74, 6) is 2.97. The van der Waals surface area contributed by atoms with Gasteiger partial charge < -0.3 is 18.6 Å². The highest BCUT2D eigenvalue weighted by atomic mass is 32.2. The molecule has 4 heterocycles. The van der Waals surface area contributed by atoms with Gasteiger partial charge in [0.1, 0.15) is 0 Å². The molecule has 0 bridgehead atoms. The number of furan rings is 1. The van der Waals surface area contributed by atoms with Crippen molar-refractivity contribution < 1.29 is 13.7 Å². The molecule has 0 atom stereocenters. The number of anilines is 1. The zero-order valence-corrected chi connectivity index (χ0v) is 14.6. The Labute approximate surface area is 148 Å². The predicted octanol–water partition coefficient (Wildman–Crippen LogP) is 2.07. The fourth-order valence-corrected chi connectivity index (χ4v) is 3.44. The predicted molar refractivity (Wildman–Crippen MR) is 90.3 cm³/mol. The van der Waals surface area contributed by atoms with Gasteiger partial charge >= 0.3 is 0 Å². The molecule has 0 aromatic carbocycles. The summed E-state index contributed by atoms with van der Waals surface area (Å²) in [6.07, 6.45) is 1.58. The summed E-state index contributed by atoms with van der Waals surface area (Å²) in [5.41, 5.74) is 0. The van der Waals surface area contributed by atoms with E-state index < -0.39 is 0 Å². The van der Waals surface area contributed by atoms with E-state index in [2.05, 4.69) is 36.7 Å². The Morgan fingerprint density at radius 2 is 2.12 bits per heavy atom. The van der Waals surface area contributed by atoms with Gasteiger partial charge in [0.15, 0.2) is 10.9 Å². The SMILES string of the molecule is CCn1c(SCc2nc(-c3ccco3)no2)nnc1N1CCOCC1. The zero-order chi connectivity index (χ0) is 17.1. The van der Waals surface area contributed by atoms with E-state index in [1.807, 2.05) is 0 Å². The molecule has 0 radical (unpaired) electrons. The van der Waals surface area contributed by atoms with Crippen molar-refractivity contribution in [3.63, 3.8) is 0 Å². The molecule has 10 heteroatoms. The van der Waals surface area contributed by atoms with Crippen LogP contribution in [0.2, 0.25) is 0 Å². The van der Waals surface area contributed by atoms with Crippen molar-refractivity contribution in [2.45, 2.75) is 24.4 Å². The maximum atomic E-state index is 5.40. The number of thioether (sulfide) groups is 1. The summed E-state index contributed by atoms with van der Waals surface area (Å²) >= 11 is 1.52. The van der Waals surface area contributed by atoms with Crippen molar-refractivity contribution in [2.24, 2.45) is 0 Å². The summed E-state index contributed by atoms with van der Waals surface area (Å²) in [6.45, 7) is 5.98. The van der Waals surface area contributed by atoms with Crippen LogP contribution in [0.5, 0.6) is 0 Å². The van der Waals surface area contributed by atoms with Gasteiger partial charge in [0, 0.05) is 19.6 Å². The van der Waals surface area contributed by atoms with Gasteiger partial charge in [-0.05, 0) is 19.1 Å². The summed E-state index contributed by atoms with van der Waals surface area (Å²) < 4.78 is 18.0. The van der Waals surface area contributed by atoms with Gasteiger partial charge in [-0.15, -0.1) is 10.2 Å². The van der Waals surface area contributed by atoms with Crippen LogP contribution in [0.3, 0.4) is 0 Å². The Balaban J connectivity index is 1.45. The van der Waals surface area contributed by atoms with E-state index in [9.17, 15) is 0 Å². The van der Waals surface area contributed by atoms with Gasteiger partial charge in [0.2, 0.25) is 17.7 Å². The smallest absolute Gasteiger partial charge is 0.238 e. The molecule has 0 N–H and O–H groups in total. The summed E-state index contributed by atoms with van der Waals surface area (Å²) in [7, 11) is 0. The topological polar surface area (TPSA) is 95.2 Å². The molecule has 4 rings (SSSR count). The van der Waals surface area contributed by atoms with Crippen molar-refractivity contribution in [1.29, 1.82) is 0 Å². The first-order valence-corrected chi connectivity index (χ1v) is 9.09. The van der Waals surface area contributed by atoms with Crippen LogP contribution in [0.4, 0.5) is 5.95 Å². The average Bonchev–Trinajstić information content (AvgIpc) is 3.39. The first-order valence-electron chi connectivity index (χ1n) is 8.10. The molecule has 1 saturated heterocycles. The zero-order valence-electron chi connectivity index (χ0n) is 13.8. The van der Waals surface area contributed by atoms with Crippen molar-refractivity contribution in [3.8, 4) is 11.6 Å². The molecule has 0 unspecified atom stereocenters. The summed E-state index contributed by atoms with van der Waals surface area (Å²) in [6, 6.07) is 3.58. The first kappa shape index (κ1) is 16.2. The molecule has 0 aliphatic carbocycles. The Hall–Kier alpha value is -2.33. The Kier molecular flexibility index (Phi) is 4.70. The molecule has 1 fully saturated rings. The summed E-state index contributed by atoms with van der Waals surface area (Å²) in [4.78, 5) is 6.54. The third-order valence-corrected chi connectivity index (χ3v) is 4.79. The molecule has 0 spiro atoms. The van der Waals surface area contributed by atoms with Crippen LogP contribution in [0.1, 0.15) is 12.8 Å². The fourth-order valence-electron chi connectivity index (χ4n) is 2.61. The van der Waals surface area contributed by atoms with Crippen molar-refractivity contribution in [1.82, 2.24) is 24.9 Å². The molecule has 0 amide bonds. The minimum atomic E-state index is 0.451. The highest BCUT2D eigenvalue weighted by molar-refractivity contribution is 7.98. The van der Waals surface area contributed by atoms with E-state index in [1.54, 1.807) is 18.4 Å². The standard InChI is InChI=1S/C15H18N6O3S/c1-2-21-14(20-5-8-22-9-6-20)17-18-15(21)25-10-12-16-13(19-24-12)11-4-3-7-23-11/h3-4,7H,2,5-6,8-10H2,1H3. The van der Waals surface area contributed by atoms with E-state index in [-0.39, 0.29) is 0 Å². The third-order valence-electron chi connectivity index (χ3n) is 3.84. The van der Waals surface area contributed by atoms with Gasteiger partial charge in [-0.2, -0.15) is 4.98 Å². The lowest BCUT2D eigenvalue weighted by Crippen LogP contribution is -2.38. The minimum absolute atomic E-state index is 0.451. The van der Waals surface area contributed by atoms with E-state index >= 15 is 0 Å². The fraction of sp³-hybridized carbons (Fsp3) is 0.467. The van der Waals surface area contributed by atoms with E-state index in [1.165, 1.54) is 11.8 Å². The molecule has 1 aliphatic rings. The average molecular weight is 362 g/mol. The second kappa shape index (κ2) is 7.28. The maximum absolute atomic E-state index is 5.40. The molecule has 9 nitrogen and oxygen atoms in total. The molecule has 3 aromatic heterocycles. The number of morpholine rings is 1. The Morgan fingerprint density at radius 3 is 2.88 bits per heavy atom. The molecule has 0 saturated carbocycles. The van der Waals surface area contributed by atoms with Crippen LogP contribution in [-0.4, -0.2) is 51.2 Å². The number of hydrogen-bond donors (Lipinski definition) is 0. The van der Waals surface area contributed by atoms with Crippen LogP contribution in [0.15, 0.2) is 32.5 Å². The second-order valence-corrected chi connectivity index (χ2v) is 6.35.